The molecular weight excluding hydrogens is 192 g/mol. The molecule has 1 saturated carbocycles. The summed E-state index contributed by atoms with van der Waals surface area (Å²) in [5, 5.41) is 3.51. The highest BCUT2D eigenvalue weighted by Crippen LogP contribution is 2.25. The lowest BCUT2D eigenvalue weighted by Crippen LogP contribution is -2.34. The molecule has 1 fully saturated rings. The van der Waals surface area contributed by atoms with E-state index in [2.05, 4.69) is 24.1 Å². The molecule has 0 bridgehead atoms. The predicted octanol–water partition coefficient (Wildman–Crippen LogP) is 1.81. The molecule has 0 aromatic carbocycles. The third kappa shape index (κ3) is 5.23. The van der Waals surface area contributed by atoms with Gasteiger partial charge in [0.1, 0.15) is 0 Å². The molecule has 0 spiro atoms. The Bertz CT molecular complexity index is 137. The highest BCUT2D eigenvalue weighted by atomic mass is 32.2. The molecule has 3 heteroatoms. The van der Waals surface area contributed by atoms with Crippen molar-refractivity contribution in [1.82, 2.24) is 10.2 Å². The molecule has 14 heavy (non-hydrogen) atoms. The molecule has 0 unspecified atom stereocenters. The number of nitrogens with zero attached hydrogens (tertiary/aromatic N) is 1. The number of thioether (sulfide) groups is 1. The van der Waals surface area contributed by atoms with E-state index in [0.29, 0.717) is 0 Å². The minimum Gasteiger partial charge on any atom is -0.315 e. The molecule has 0 heterocycles. The van der Waals surface area contributed by atoms with Crippen molar-refractivity contribution >= 4 is 11.8 Å². The van der Waals surface area contributed by atoms with Crippen molar-refractivity contribution in [3.63, 3.8) is 0 Å². The van der Waals surface area contributed by atoms with Gasteiger partial charge in [-0.05, 0) is 25.1 Å². The lowest BCUT2D eigenvalue weighted by molar-refractivity contribution is 0.278. The Morgan fingerprint density at radius 1 is 1.29 bits per heavy atom. The van der Waals surface area contributed by atoms with Crippen molar-refractivity contribution < 1.29 is 0 Å². The molecule has 0 aromatic rings. The van der Waals surface area contributed by atoms with Gasteiger partial charge in [-0.3, -0.25) is 4.90 Å². The third-order valence-electron chi connectivity index (χ3n) is 2.67. The molecule has 1 N–H and O–H groups in total. The molecule has 0 radical (unpaired) electrons. The second kappa shape index (κ2) is 7.55. The van der Waals surface area contributed by atoms with Gasteiger partial charge in [0, 0.05) is 31.4 Å². The smallest absolute Gasteiger partial charge is 0.0110 e. The fourth-order valence-electron chi connectivity index (χ4n) is 1.67. The van der Waals surface area contributed by atoms with Gasteiger partial charge < -0.3 is 5.32 Å². The molecule has 1 rings (SSSR count). The third-order valence-corrected chi connectivity index (χ3v) is 3.57. The average Bonchev–Trinajstić information content (AvgIpc) is 3.01. The largest absolute Gasteiger partial charge is 0.315 e. The van der Waals surface area contributed by atoms with E-state index in [1.54, 1.807) is 0 Å². The Hall–Kier alpha value is 0.270. The van der Waals surface area contributed by atoms with Crippen molar-refractivity contribution in [2.75, 3.05) is 37.7 Å². The molecule has 2 nitrogen and oxygen atoms in total. The Morgan fingerprint density at radius 2 is 2.07 bits per heavy atom. The summed E-state index contributed by atoms with van der Waals surface area (Å²) in [5.41, 5.74) is 0. The maximum atomic E-state index is 3.51. The molecule has 0 aromatic heterocycles. The Labute approximate surface area is 92.8 Å². The van der Waals surface area contributed by atoms with Gasteiger partial charge in [-0.2, -0.15) is 11.8 Å². The van der Waals surface area contributed by atoms with E-state index in [1.807, 2.05) is 11.8 Å². The van der Waals surface area contributed by atoms with E-state index in [-0.39, 0.29) is 0 Å². The molecule has 0 aliphatic heterocycles. The molecule has 0 amide bonds. The molecule has 84 valence electrons. The van der Waals surface area contributed by atoms with Gasteiger partial charge >= 0.3 is 0 Å². The Morgan fingerprint density at radius 3 is 2.64 bits per heavy atom. The molecule has 1 aliphatic rings. The van der Waals surface area contributed by atoms with Crippen molar-refractivity contribution in [3.8, 4) is 0 Å². The van der Waals surface area contributed by atoms with E-state index in [1.165, 1.54) is 44.0 Å². The van der Waals surface area contributed by atoms with Gasteiger partial charge in [-0.25, -0.2) is 0 Å². The molecule has 1 aliphatic carbocycles. The standard InChI is InChI=1S/C11H24N2S/c1-3-13(11-5-6-11)9-7-12-8-10-14-4-2/h11-12H,3-10H2,1-2H3. The van der Waals surface area contributed by atoms with Gasteiger partial charge in [0.2, 0.25) is 0 Å². The maximum Gasteiger partial charge on any atom is 0.0110 e. The highest BCUT2D eigenvalue weighted by Gasteiger charge is 2.26. The van der Waals surface area contributed by atoms with Gasteiger partial charge in [0.25, 0.3) is 0 Å². The van der Waals surface area contributed by atoms with Crippen LogP contribution in [0, 0.1) is 0 Å². The van der Waals surface area contributed by atoms with E-state index in [4.69, 9.17) is 0 Å². The fourth-order valence-corrected chi connectivity index (χ4v) is 2.25. The minimum absolute atomic E-state index is 0.923. The van der Waals surface area contributed by atoms with Crippen LogP contribution in [-0.2, 0) is 0 Å². The summed E-state index contributed by atoms with van der Waals surface area (Å²) in [7, 11) is 0. The fraction of sp³-hybridized carbons (Fsp3) is 1.00. The van der Waals surface area contributed by atoms with Crippen LogP contribution >= 0.6 is 11.8 Å². The zero-order valence-electron chi connectivity index (χ0n) is 9.59. The zero-order chi connectivity index (χ0) is 10.2. The van der Waals surface area contributed by atoms with Gasteiger partial charge in [-0.15, -0.1) is 0 Å². The van der Waals surface area contributed by atoms with Crippen LogP contribution in [0.25, 0.3) is 0 Å². The summed E-state index contributed by atoms with van der Waals surface area (Å²) in [6, 6.07) is 0.923. The topological polar surface area (TPSA) is 15.3 Å². The second-order valence-corrected chi connectivity index (χ2v) is 5.20. The number of rotatable bonds is 9. The summed E-state index contributed by atoms with van der Waals surface area (Å²) in [6.45, 7) is 9.27. The number of nitrogens with one attached hydrogen (secondary N) is 1. The predicted molar refractivity (Wildman–Crippen MR) is 66.1 cm³/mol. The van der Waals surface area contributed by atoms with Crippen LogP contribution in [0.4, 0.5) is 0 Å². The normalized spacial score (nSPS) is 16.5. The summed E-state index contributed by atoms with van der Waals surface area (Å²) >= 11 is 2.02. The summed E-state index contributed by atoms with van der Waals surface area (Å²) in [6.07, 6.45) is 2.86. The van der Waals surface area contributed by atoms with Crippen molar-refractivity contribution in [1.29, 1.82) is 0 Å². The highest BCUT2D eigenvalue weighted by molar-refractivity contribution is 7.99. The number of likely N-dealkylation sites (N-methyl/N-ethyl adjacent to an activating group) is 1. The van der Waals surface area contributed by atoms with Crippen LogP contribution < -0.4 is 5.32 Å². The van der Waals surface area contributed by atoms with Crippen LogP contribution in [0.3, 0.4) is 0 Å². The first-order chi connectivity index (χ1) is 6.88. The first-order valence-electron chi connectivity index (χ1n) is 5.91. The van der Waals surface area contributed by atoms with Crippen LogP contribution in [0.15, 0.2) is 0 Å². The SMILES string of the molecule is CCSCCNCCN(CC)C1CC1. The van der Waals surface area contributed by atoms with E-state index in [9.17, 15) is 0 Å². The quantitative estimate of drug-likeness (QED) is 0.592. The van der Waals surface area contributed by atoms with Crippen LogP contribution in [0.5, 0.6) is 0 Å². The lowest BCUT2D eigenvalue weighted by Gasteiger charge is -2.19. The van der Waals surface area contributed by atoms with Crippen LogP contribution in [0.1, 0.15) is 26.7 Å². The second-order valence-electron chi connectivity index (χ2n) is 3.81. The van der Waals surface area contributed by atoms with Gasteiger partial charge in [0.15, 0.2) is 0 Å². The summed E-state index contributed by atoms with van der Waals surface area (Å²) in [5.74, 6) is 2.50. The monoisotopic (exact) mass is 216 g/mol. The Balaban J connectivity index is 1.86. The number of hydrogen-bond acceptors (Lipinski definition) is 3. The van der Waals surface area contributed by atoms with Gasteiger partial charge in [-0.1, -0.05) is 13.8 Å². The minimum atomic E-state index is 0.923. The van der Waals surface area contributed by atoms with E-state index < -0.39 is 0 Å². The van der Waals surface area contributed by atoms with Gasteiger partial charge in [0.05, 0.1) is 0 Å². The molecular formula is C11H24N2S. The van der Waals surface area contributed by atoms with Crippen molar-refractivity contribution in [2.24, 2.45) is 0 Å². The van der Waals surface area contributed by atoms with Crippen LogP contribution in [0.2, 0.25) is 0 Å². The first-order valence-corrected chi connectivity index (χ1v) is 7.06. The summed E-state index contributed by atoms with van der Waals surface area (Å²) < 4.78 is 0. The Kier molecular flexibility index (Phi) is 6.65. The van der Waals surface area contributed by atoms with Crippen molar-refractivity contribution in [3.05, 3.63) is 0 Å². The van der Waals surface area contributed by atoms with Crippen molar-refractivity contribution in [2.45, 2.75) is 32.7 Å². The van der Waals surface area contributed by atoms with Crippen LogP contribution in [-0.4, -0.2) is 48.6 Å². The maximum absolute atomic E-state index is 3.51. The zero-order valence-corrected chi connectivity index (χ0v) is 10.4. The molecule has 0 atom stereocenters. The molecule has 0 saturated heterocycles. The van der Waals surface area contributed by atoms with E-state index >= 15 is 0 Å². The summed E-state index contributed by atoms with van der Waals surface area (Å²) in [4.78, 5) is 2.60. The first kappa shape index (κ1) is 12.3. The van der Waals surface area contributed by atoms with E-state index in [0.717, 1.165) is 12.6 Å². The number of hydrogen-bond donors (Lipinski definition) is 1. The lowest BCUT2D eigenvalue weighted by atomic mass is 10.4. The average molecular weight is 216 g/mol.